The van der Waals surface area contributed by atoms with Gasteiger partial charge in [0.25, 0.3) is 10.0 Å². The summed E-state index contributed by atoms with van der Waals surface area (Å²) in [4.78, 5) is 0.159. The predicted molar refractivity (Wildman–Crippen MR) is 82.6 cm³/mol. The third kappa shape index (κ3) is 3.05. The average molecular weight is 311 g/mol. The van der Waals surface area contributed by atoms with E-state index in [1.165, 1.54) is 6.07 Å². The van der Waals surface area contributed by atoms with Crippen LogP contribution in [0.3, 0.4) is 0 Å². The summed E-state index contributed by atoms with van der Waals surface area (Å²) in [5.74, 6) is 0. The highest BCUT2D eigenvalue weighted by molar-refractivity contribution is 7.92. The van der Waals surface area contributed by atoms with Crippen LogP contribution in [0.4, 0.5) is 11.4 Å². The minimum Gasteiger partial charge on any atom is -0.399 e. The van der Waals surface area contributed by atoms with Gasteiger partial charge in [-0.2, -0.15) is 0 Å². The van der Waals surface area contributed by atoms with Crippen molar-refractivity contribution in [2.24, 2.45) is 0 Å². The van der Waals surface area contributed by atoms with E-state index >= 15 is 0 Å². The number of rotatable bonds is 3. The van der Waals surface area contributed by atoms with Gasteiger partial charge < -0.3 is 5.73 Å². The number of nitrogens with two attached hydrogens (primary N) is 1. The van der Waals surface area contributed by atoms with Crippen molar-refractivity contribution in [3.63, 3.8) is 0 Å². The van der Waals surface area contributed by atoms with Crippen molar-refractivity contribution in [2.75, 3.05) is 10.5 Å². The Bertz CT molecular complexity index is 758. The number of hydrogen-bond acceptors (Lipinski definition) is 3. The maximum atomic E-state index is 12.4. The number of sulfonamides is 1. The summed E-state index contributed by atoms with van der Waals surface area (Å²) in [5, 5.41) is 0.375. The van der Waals surface area contributed by atoms with Gasteiger partial charge in [0.05, 0.1) is 10.6 Å². The van der Waals surface area contributed by atoms with Gasteiger partial charge in [-0.3, -0.25) is 4.72 Å². The van der Waals surface area contributed by atoms with Crippen LogP contribution in [0.2, 0.25) is 5.02 Å². The Morgan fingerprint density at radius 1 is 1.05 bits per heavy atom. The van der Waals surface area contributed by atoms with Gasteiger partial charge in [-0.1, -0.05) is 23.7 Å². The first-order chi connectivity index (χ1) is 9.29. The van der Waals surface area contributed by atoms with Crippen LogP contribution in [-0.4, -0.2) is 8.42 Å². The highest BCUT2D eigenvalue weighted by Gasteiger charge is 2.18. The van der Waals surface area contributed by atoms with Crippen LogP contribution >= 0.6 is 11.6 Å². The van der Waals surface area contributed by atoms with Crippen molar-refractivity contribution in [1.29, 1.82) is 0 Å². The van der Waals surface area contributed by atoms with Gasteiger partial charge in [0.2, 0.25) is 0 Å². The number of nitrogens with one attached hydrogen (secondary N) is 1. The normalized spacial score (nSPS) is 11.3. The zero-order valence-corrected chi connectivity index (χ0v) is 12.7. The molecular formula is C14H15ClN2O2S. The predicted octanol–water partition coefficient (Wildman–Crippen LogP) is 3.34. The number of aryl methyl sites for hydroxylation is 2. The van der Waals surface area contributed by atoms with Crippen LogP contribution < -0.4 is 10.5 Å². The molecule has 3 N–H and O–H groups in total. The molecule has 0 bridgehead atoms. The van der Waals surface area contributed by atoms with Crippen molar-refractivity contribution >= 4 is 33.0 Å². The molecule has 0 fully saturated rings. The molecule has 0 saturated carbocycles. The number of nitrogen functional groups attached to an aromatic ring is 1. The smallest absolute Gasteiger partial charge is 0.262 e. The summed E-state index contributed by atoms with van der Waals surface area (Å²) < 4.78 is 27.4. The van der Waals surface area contributed by atoms with E-state index in [2.05, 4.69) is 4.72 Å². The van der Waals surface area contributed by atoms with Gasteiger partial charge in [-0.25, -0.2) is 8.42 Å². The van der Waals surface area contributed by atoms with Crippen molar-refractivity contribution in [1.82, 2.24) is 0 Å². The Morgan fingerprint density at radius 3 is 2.40 bits per heavy atom. The Morgan fingerprint density at radius 2 is 1.70 bits per heavy atom. The third-order valence-electron chi connectivity index (χ3n) is 2.95. The first-order valence-electron chi connectivity index (χ1n) is 5.95. The van der Waals surface area contributed by atoms with E-state index < -0.39 is 10.0 Å². The molecular weight excluding hydrogens is 296 g/mol. The van der Waals surface area contributed by atoms with Crippen LogP contribution in [0.15, 0.2) is 41.3 Å². The maximum Gasteiger partial charge on any atom is 0.262 e. The summed E-state index contributed by atoms with van der Waals surface area (Å²) in [6.07, 6.45) is 0. The molecule has 0 heterocycles. The lowest BCUT2D eigenvalue weighted by atomic mass is 10.2. The van der Waals surface area contributed by atoms with Crippen LogP contribution in [0, 0.1) is 13.8 Å². The third-order valence-corrected chi connectivity index (χ3v) is 4.69. The number of benzene rings is 2. The molecule has 0 aliphatic rings. The summed E-state index contributed by atoms with van der Waals surface area (Å²) in [6.45, 7) is 3.53. The highest BCUT2D eigenvalue weighted by Crippen LogP contribution is 2.25. The van der Waals surface area contributed by atoms with Gasteiger partial charge in [-0.15, -0.1) is 0 Å². The van der Waals surface area contributed by atoms with Crippen LogP contribution in [0.25, 0.3) is 0 Å². The molecule has 0 radical (unpaired) electrons. The van der Waals surface area contributed by atoms with Gasteiger partial charge in [-0.05, 0) is 49.2 Å². The molecule has 0 atom stereocenters. The highest BCUT2D eigenvalue weighted by atomic mass is 35.5. The Kier molecular flexibility index (Phi) is 3.92. The van der Waals surface area contributed by atoms with Crippen LogP contribution in [0.5, 0.6) is 0 Å². The summed E-state index contributed by atoms with van der Waals surface area (Å²) in [5.41, 5.74) is 8.06. The zero-order valence-electron chi connectivity index (χ0n) is 11.1. The average Bonchev–Trinajstić information content (AvgIpc) is 2.36. The molecule has 2 rings (SSSR count). The van der Waals surface area contributed by atoms with E-state index in [0.717, 1.165) is 5.56 Å². The van der Waals surface area contributed by atoms with Crippen molar-refractivity contribution in [3.8, 4) is 0 Å². The Hall–Kier alpha value is -1.72. The number of hydrogen-bond donors (Lipinski definition) is 2. The Labute approximate surface area is 123 Å². The van der Waals surface area contributed by atoms with Crippen molar-refractivity contribution in [2.45, 2.75) is 18.7 Å². The summed E-state index contributed by atoms with van der Waals surface area (Å²) >= 11 is 5.87. The Balaban J connectivity index is 2.46. The monoisotopic (exact) mass is 310 g/mol. The van der Waals surface area contributed by atoms with E-state index in [0.29, 0.717) is 22.0 Å². The first kappa shape index (κ1) is 14.7. The van der Waals surface area contributed by atoms with Crippen LogP contribution in [-0.2, 0) is 10.0 Å². The summed E-state index contributed by atoms with van der Waals surface area (Å²) in [7, 11) is -3.70. The zero-order chi connectivity index (χ0) is 14.9. The number of anilines is 2. The summed E-state index contributed by atoms with van der Waals surface area (Å²) in [6, 6.07) is 9.83. The van der Waals surface area contributed by atoms with Gasteiger partial charge >= 0.3 is 0 Å². The quantitative estimate of drug-likeness (QED) is 0.854. The molecule has 4 nitrogen and oxygen atoms in total. The molecule has 0 unspecified atom stereocenters. The van der Waals surface area contributed by atoms with Gasteiger partial charge in [0.1, 0.15) is 0 Å². The molecule has 2 aromatic rings. The minimum absolute atomic E-state index is 0.159. The lowest BCUT2D eigenvalue weighted by Crippen LogP contribution is -2.15. The van der Waals surface area contributed by atoms with E-state index in [-0.39, 0.29) is 4.90 Å². The molecule has 0 aromatic heterocycles. The maximum absolute atomic E-state index is 12.4. The molecule has 0 saturated heterocycles. The fourth-order valence-corrected chi connectivity index (χ4v) is 3.44. The van der Waals surface area contributed by atoms with E-state index in [1.54, 1.807) is 37.3 Å². The second kappa shape index (κ2) is 5.34. The SMILES string of the molecule is Cc1ccc(N)cc1NS(=O)(=O)c1cc(Cl)ccc1C. The van der Waals surface area contributed by atoms with Gasteiger partial charge in [0.15, 0.2) is 0 Å². The van der Waals surface area contributed by atoms with Crippen molar-refractivity contribution in [3.05, 3.63) is 52.5 Å². The van der Waals surface area contributed by atoms with Gasteiger partial charge in [0, 0.05) is 10.7 Å². The second-order valence-electron chi connectivity index (χ2n) is 4.59. The molecule has 106 valence electrons. The largest absolute Gasteiger partial charge is 0.399 e. The molecule has 2 aromatic carbocycles. The van der Waals surface area contributed by atoms with E-state index in [9.17, 15) is 8.42 Å². The van der Waals surface area contributed by atoms with E-state index in [1.807, 2.05) is 6.92 Å². The van der Waals surface area contributed by atoms with E-state index in [4.69, 9.17) is 17.3 Å². The molecule has 0 amide bonds. The lowest BCUT2D eigenvalue weighted by Gasteiger charge is -2.13. The topological polar surface area (TPSA) is 72.2 Å². The molecule has 0 aliphatic carbocycles. The molecule has 6 heteroatoms. The molecule has 0 spiro atoms. The van der Waals surface area contributed by atoms with Crippen LogP contribution in [0.1, 0.15) is 11.1 Å². The fraction of sp³-hybridized carbons (Fsp3) is 0.143. The van der Waals surface area contributed by atoms with Crippen molar-refractivity contribution < 1.29 is 8.42 Å². The minimum atomic E-state index is -3.70. The number of halogens is 1. The molecule has 20 heavy (non-hydrogen) atoms. The second-order valence-corrected chi connectivity index (χ2v) is 6.68. The standard InChI is InChI=1S/C14H15ClN2O2S/c1-9-4-6-12(16)8-13(9)17-20(18,19)14-7-11(15)5-3-10(14)2/h3-8,17H,16H2,1-2H3. The molecule has 0 aliphatic heterocycles. The first-order valence-corrected chi connectivity index (χ1v) is 7.81. The lowest BCUT2D eigenvalue weighted by molar-refractivity contribution is 0.600. The fourth-order valence-electron chi connectivity index (χ4n) is 1.81.